The zero-order chi connectivity index (χ0) is 17.5. The Labute approximate surface area is 151 Å². The molecular formula is C18H19Cl2NO3. The van der Waals surface area contributed by atoms with E-state index in [9.17, 15) is 9.90 Å². The first-order chi connectivity index (χ1) is 11.5. The topological polar surface area (TPSA) is 58.6 Å². The molecule has 2 N–H and O–H groups in total. The predicted octanol–water partition coefficient (Wildman–Crippen LogP) is 5.27. The summed E-state index contributed by atoms with van der Waals surface area (Å²) < 4.78 is 5.65. The van der Waals surface area contributed by atoms with E-state index in [0.29, 0.717) is 28.9 Å². The molecule has 0 saturated carbocycles. The predicted molar refractivity (Wildman–Crippen MR) is 97.8 cm³/mol. The lowest BCUT2D eigenvalue weighted by atomic mass is 10.1. The fourth-order valence-corrected chi connectivity index (χ4v) is 2.75. The Morgan fingerprint density at radius 2 is 1.88 bits per heavy atom. The van der Waals surface area contributed by atoms with Crippen LogP contribution in [-0.4, -0.2) is 24.2 Å². The first kappa shape index (κ1) is 18.4. The summed E-state index contributed by atoms with van der Waals surface area (Å²) in [5.74, 6) is -0.216. The number of benzene rings is 2. The van der Waals surface area contributed by atoms with Crippen LogP contribution in [0.2, 0.25) is 10.0 Å². The number of carboxylic acid groups (broad SMARTS) is 1. The van der Waals surface area contributed by atoms with Crippen LogP contribution in [-0.2, 0) is 0 Å². The van der Waals surface area contributed by atoms with Crippen molar-refractivity contribution in [2.45, 2.75) is 19.8 Å². The van der Waals surface area contributed by atoms with Gasteiger partial charge >= 0.3 is 5.97 Å². The van der Waals surface area contributed by atoms with E-state index >= 15 is 0 Å². The second-order valence-electron chi connectivity index (χ2n) is 5.41. The summed E-state index contributed by atoms with van der Waals surface area (Å²) in [6.45, 7) is 3.23. The smallest absolute Gasteiger partial charge is 0.337 e. The van der Waals surface area contributed by atoms with E-state index < -0.39 is 5.97 Å². The molecule has 0 bridgehead atoms. The van der Waals surface area contributed by atoms with E-state index in [2.05, 4.69) is 5.32 Å². The van der Waals surface area contributed by atoms with Crippen LogP contribution in [0.4, 0.5) is 5.69 Å². The van der Waals surface area contributed by atoms with Gasteiger partial charge in [0.1, 0.15) is 5.75 Å². The van der Waals surface area contributed by atoms with E-state index in [-0.39, 0.29) is 5.56 Å². The standard InChI is InChI=1S/C18H19Cl2NO3/c1-12-4-6-14(7-5-12)24-9-3-2-8-21-17-15(18(22)23)10-13(19)11-16(17)20/h4-7,10-11,21H,2-3,8-9H2,1H3,(H,22,23). The monoisotopic (exact) mass is 367 g/mol. The SMILES string of the molecule is Cc1ccc(OCCCCNc2c(Cl)cc(Cl)cc2C(=O)O)cc1. The van der Waals surface area contributed by atoms with Crippen LogP contribution in [0.3, 0.4) is 0 Å². The molecule has 0 aliphatic carbocycles. The number of hydrogen-bond donors (Lipinski definition) is 2. The lowest BCUT2D eigenvalue weighted by Gasteiger charge is -2.12. The molecule has 0 fully saturated rings. The van der Waals surface area contributed by atoms with Gasteiger partial charge in [0.2, 0.25) is 0 Å². The highest BCUT2D eigenvalue weighted by Crippen LogP contribution is 2.30. The van der Waals surface area contributed by atoms with Crippen LogP contribution in [0.5, 0.6) is 5.75 Å². The molecule has 0 unspecified atom stereocenters. The van der Waals surface area contributed by atoms with Crippen LogP contribution >= 0.6 is 23.2 Å². The maximum Gasteiger partial charge on any atom is 0.337 e. The number of nitrogens with one attached hydrogen (secondary N) is 1. The number of hydrogen-bond acceptors (Lipinski definition) is 3. The summed E-state index contributed by atoms with van der Waals surface area (Å²) in [6.07, 6.45) is 1.67. The molecule has 0 heterocycles. The van der Waals surface area contributed by atoms with Gasteiger partial charge in [0.25, 0.3) is 0 Å². The summed E-state index contributed by atoms with van der Waals surface area (Å²) in [4.78, 5) is 11.3. The van der Waals surface area contributed by atoms with Crippen LogP contribution in [0, 0.1) is 6.92 Å². The number of ether oxygens (including phenoxy) is 1. The molecular weight excluding hydrogens is 349 g/mol. The maximum absolute atomic E-state index is 11.3. The molecule has 128 valence electrons. The first-order valence-electron chi connectivity index (χ1n) is 7.63. The molecule has 0 amide bonds. The zero-order valence-corrected chi connectivity index (χ0v) is 14.8. The van der Waals surface area contributed by atoms with E-state index in [4.69, 9.17) is 27.9 Å². The van der Waals surface area contributed by atoms with E-state index in [1.54, 1.807) is 0 Å². The third-order valence-corrected chi connectivity index (χ3v) is 3.96. The lowest BCUT2D eigenvalue weighted by molar-refractivity contribution is 0.0698. The Morgan fingerprint density at radius 3 is 2.54 bits per heavy atom. The number of rotatable bonds is 8. The van der Waals surface area contributed by atoms with Gasteiger partial charge in [-0.25, -0.2) is 4.79 Å². The third kappa shape index (κ3) is 5.32. The fourth-order valence-electron chi connectivity index (χ4n) is 2.19. The molecule has 0 radical (unpaired) electrons. The van der Waals surface area contributed by atoms with Gasteiger partial charge in [-0.15, -0.1) is 0 Å². The average molecular weight is 368 g/mol. The molecule has 2 aromatic rings. The van der Waals surface area contributed by atoms with Gasteiger partial charge in [-0.1, -0.05) is 40.9 Å². The van der Waals surface area contributed by atoms with Gasteiger partial charge in [-0.05, 0) is 44.0 Å². The Balaban J connectivity index is 1.78. The minimum atomic E-state index is -1.07. The first-order valence-corrected chi connectivity index (χ1v) is 8.38. The second kappa shape index (κ2) is 8.81. The number of carboxylic acids is 1. The van der Waals surface area contributed by atoms with Crippen molar-refractivity contribution >= 4 is 34.9 Å². The second-order valence-corrected chi connectivity index (χ2v) is 6.25. The fraction of sp³-hybridized carbons (Fsp3) is 0.278. The molecule has 0 aliphatic rings. The molecule has 0 aromatic heterocycles. The number of anilines is 1. The molecule has 2 aromatic carbocycles. The Kier molecular flexibility index (Phi) is 6.76. The van der Waals surface area contributed by atoms with Crippen molar-refractivity contribution in [2.24, 2.45) is 0 Å². The van der Waals surface area contributed by atoms with Crippen LogP contribution in [0.15, 0.2) is 36.4 Å². The highest BCUT2D eigenvalue weighted by atomic mass is 35.5. The molecule has 0 atom stereocenters. The largest absolute Gasteiger partial charge is 0.494 e. The summed E-state index contributed by atoms with van der Waals surface area (Å²) in [5, 5.41) is 12.9. The molecule has 0 saturated heterocycles. The van der Waals surface area contributed by atoms with Crippen molar-refractivity contribution in [1.29, 1.82) is 0 Å². The Morgan fingerprint density at radius 1 is 1.17 bits per heavy atom. The Hall–Kier alpha value is -1.91. The van der Waals surface area contributed by atoms with Gasteiger partial charge in [-0.2, -0.15) is 0 Å². The van der Waals surface area contributed by atoms with E-state index in [1.165, 1.54) is 17.7 Å². The van der Waals surface area contributed by atoms with Crippen molar-refractivity contribution in [2.75, 3.05) is 18.5 Å². The number of unbranched alkanes of at least 4 members (excludes halogenated alkanes) is 1. The lowest BCUT2D eigenvalue weighted by Crippen LogP contribution is -2.09. The number of carbonyl (C=O) groups is 1. The number of aryl methyl sites for hydroxylation is 1. The van der Waals surface area contributed by atoms with Gasteiger partial charge < -0.3 is 15.2 Å². The summed E-state index contributed by atoms with van der Waals surface area (Å²) in [7, 11) is 0. The van der Waals surface area contributed by atoms with Crippen molar-refractivity contribution in [3.63, 3.8) is 0 Å². The van der Waals surface area contributed by atoms with Crippen molar-refractivity contribution in [1.82, 2.24) is 0 Å². The minimum Gasteiger partial charge on any atom is -0.494 e. The minimum absolute atomic E-state index is 0.0726. The van der Waals surface area contributed by atoms with Crippen LogP contribution < -0.4 is 10.1 Å². The highest BCUT2D eigenvalue weighted by molar-refractivity contribution is 6.37. The summed E-state index contributed by atoms with van der Waals surface area (Å²) in [5.41, 5.74) is 1.66. The van der Waals surface area contributed by atoms with Crippen LogP contribution in [0.25, 0.3) is 0 Å². The van der Waals surface area contributed by atoms with Gasteiger partial charge in [-0.3, -0.25) is 0 Å². The zero-order valence-electron chi connectivity index (χ0n) is 13.3. The van der Waals surface area contributed by atoms with E-state index in [1.807, 2.05) is 31.2 Å². The molecule has 2 rings (SSSR count). The van der Waals surface area contributed by atoms with Crippen molar-refractivity contribution in [3.8, 4) is 5.75 Å². The van der Waals surface area contributed by atoms with Crippen LogP contribution in [0.1, 0.15) is 28.8 Å². The normalized spacial score (nSPS) is 10.5. The highest BCUT2D eigenvalue weighted by Gasteiger charge is 2.14. The molecule has 4 nitrogen and oxygen atoms in total. The van der Waals surface area contributed by atoms with Crippen molar-refractivity contribution in [3.05, 3.63) is 57.6 Å². The number of aromatic carboxylic acids is 1. The average Bonchev–Trinajstić information content (AvgIpc) is 2.53. The molecule has 24 heavy (non-hydrogen) atoms. The summed E-state index contributed by atoms with van der Waals surface area (Å²) in [6, 6.07) is 10.8. The van der Waals surface area contributed by atoms with Gasteiger partial charge in [0.15, 0.2) is 0 Å². The molecule has 6 heteroatoms. The third-order valence-electron chi connectivity index (χ3n) is 3.45. The maximum atomic E-state index is 11.3. The van der Waals surface area contributed by atoms with Gasteiger partial charge in [0.05, 0.1) is 22.9 Å². The van der Waals surface area contributed by atoms with Crippen molar-refractivity contribution < 1.29 is 14.6 Å². The Bertz CT molecular complexity index is 702. The molecule has 0 spiro atoms. The number of halogens is 2. The van der Waals surface area contributed by atoms with Gasteiger partial charge in [0, 0.05) is 11.6 Å². The molecule has 0 aliphatic heterocycles. The summed E-state index contributed by atoms with van der Waals surface area (Å²) >= 11 is 11.9. The van der Waals surface area contributed by atoms with E-state index in [0.717, 1.165) is 18.6 Å². The quantitative estimate of drug-likeness (QED) is 0.623.